The van der Waals surface area contributed by atoms with Gasteiger partial charge in [-0.1, -0.05) is 99.7 Å². The van der Waals surface area contributed by atoms with E-state index in [2.05, 4.69) is 169 Å². The number of nitrogens with zero attached hydrogens (tertiary/aromatic N) is 2. The number of aliphatic imine (C=N–C) groups is 2. The van der Waals surface area contributed by atoms with Gasteiger partial charge in [0.1, 0.15) is 16.1 Å². The SMILES string of the molecule is C[Si](C)(C)C#CC1=C2C=CC(=N2)c2ccccc2-c2ccc([nH]2)C(C#C[Si](C)(C)C)=c2ccc([nH]2)=c2ccccc2=C2C=CC1=N2. The van der Waals surface area contributed by atoms with Crippen molar-refractivity contribution < 1.29 is 0 Å². The molecule has 0 amide bonds. The fraction of sp³-hybridized carbons (Fsp3) is 0.150. The molecule has 46 heavy (non-hydrogen) atoms. The van der Waals surface area contributed by atoms with E-state index >= 15 is 0 Å². The number of H-pyrrole nitrogens is 2. The lowest BCUT2D eigenvalue weighted by molar-refractivity contribution is 1.22. The zero-order valence-corrected chi connectivity index (χ0v) is 29.1. The van der Waals surface area contributed by atoms with Crippen molar-refractivity contribution >= 4 is 38.8 Å². The number of benzene rings is 2. The number of rotatable bonds is 0. The van der Waals surface area contributed by atoms with Crippen LogP contribution < -0.4 is 10.6 Å². The molecule has 3 aliphatic heterocycles. The van der Waals surface area contributed by atoms with E-state index in [0.717, 1.165) is 77.6 Å². The van der Waals surface area contributed by atoms with Crippen molar-refractivity contribution in [2.24, 2.45) is 9.98 Å². The molecule has 4 aromatic rings. The van der Waals surface area contributed by atoms with Crippen LogP contribution in [0.25, 0.3) is 22.5 Å². The number of allylic oxidation sites excluding steroid dienone is 4. The van der Waals surface area contributed by atoms with Gasteiger partial charge in [0.05, 0.1) is 45.0 Å². The second kappa shape index (κ2) is 11.3. The molecule has 224 valence electrons. The third-order valence-corrected chi connectivity index (χ3v) is 9.56. The topological polar surface area (TPSA) is 56.3 Å². The highest BCUT2D eigenvalue weighted by molar-refractivity contribution is 6.84. The fourth-order valence-electron chi connectivity index (χ4n) is 5.62. The number of aromatic amines is 2. The summed E-state index contributed by atoms with van der Waals surface area (Å²) in [5.74, 6) is 7.10. The molecule has 8 bridgehead atoms. The Bertz CT molecular complexity index is 2440. The molecule has 4 nitrogen and oxygen atoms in total. The highest BCUT2D eigenvalue weighted by Crippen LogP contribution is 2.29. The van der Waals surface area contributed by atoms with Crippen LogP contribution in [0.2, 0.25) is 39.3 Å². The first kappa shape index (κ1) is 29.6. The van der Waals surface area contributed by atoms with E-state index in [1.807, 2.05) is 0 Å². The smallest absolute Gasteiger partial charge is 0.129 e. The zero-order valence-electron chi connectivity index (χ0n) is 27.1. The van der Waals surface area contributed by atoms with E-state index in [1.165, 1.54) is 0 Å². The highest BCUT2D eigenvalue weighted by Gasteiger charge is 2.20. The molecule has 0 radical (unpaired) electrons. The van der Waals surface area contributed by atoms with Gasteiger partial charge in [-0.15, -0.1) is 11.1 Å². The van der Waals surface area contributed by atoms with E-state index < -0.39 is 16.1 Å². The van der Waals surface area contributed by atoms with Crippen molar-refractivity contribution in [1.82, 2.24) is 9.97 Å². The van der Waals surface area contributed by atoms with Gasteiger partial charge in [-0.25, -0.2) is 9.98 Å². The average molecular weight is 629 g/mol. The third kappa shape index (κ3) is 5.93. The minimum Gasteiger partial charge on any atom is -0.354 e. The van der Waals surface area contributed by atoms with Crippen LogP contribution in [-0.4, -0.2) is 37.5 Å². The molecule has 2 N–H and O–H groups in total. The van der Waals surface area contributed by atoms with Crippen molar-refractivity contribution in [2.75, 3.05) is 0 Å². The summed E-state index contributed by atoms with van der Waals surface area (Å²) in [6, 6.07) is 25.4. The van der Waals surface area contributed by atoms with Crippen LogP contribution in [0.15, 0.2) is 118 Å². The molecule has 0 spiro atoms. The van der Waals surface area contributed by atoms with Crippen LogP contribution in [0, 0.1) is 33.5 Å². The van der Waals surface area contributed by atoms with Crippen LogP contribution in [0.5, 0.6) is 0 Å². The average Bonchev–Trinajstić information content (AvgIpc) is 3.84. The molecule has 0 aliphatic carbocycles. The number of fused-ring (bicyclic) bond motifs is 10. The van der Waals surface area contributed by atoms with Gasteiger partial charge >= 0.3 is 0 Å². The van der Waals surface area contributed by atoms with Crippen LogP contribution in [0.1, 0.15) is 11.3 Å². The monoisotopic (exact) mass is 628 g/mol. The number of nitrogens with one attached hydrogen (secondary N) is 2. The maximum Gasteiger partial charge on any atom is 0.129 e. The lowest BCUT2D eigenvalue weighted by atomic mass is 10.0. The molecule has 0 atom stereocenters. The van der Waals surface area contributed by atoms with Gasteiger partial charge in [-0.3, -0.25) is 0 Å². The van der Waals surface area contributed by atoms with E-state index in [9.17, 15) is 0 Å². The number of hydrogen-bond acceptors (Lipinski definition) is 2. The van der Waals surface area contributed by atoms with Crippen LogP contribution in [0.3, 0.4) is 0 Å². The predicted octanol–water partition coefficient (Wildman–Crippen LogP) is 7.00. The van der Waals surface area contributed by atoms with E-state index in [-0.39, 0.29) is 0 Å². The molecule has 2 aromatic carbocycles. The second-order valence-electron chi connectivity index (χ2n) is 13.8. The first-order valence-electron chi connectivity index (χ1n) is 15.7. The molecule has 0 saturated heterocycles. The molecule has 6 heteroatoms. The number of hydrogen-bond donors (Lipinski definition) is 2. The highest BCUT2D eigenvalue weighted by atomic mass is 28.3. The molecule has 5 heterocycles. The molecule has 3 aliphatic rings. The van der Waals surface area contributed by atoms with Crippen LogP contribution in [0.4, 0.5) is 0 Å². The lowest BCUT2D eigenvalue weighted by Crippen LogP contribution is -2.17. The third-order valence-electron chi connectivity index (χ3n) is 7.81. The van der Waals surface area contributed by atoms with Gasteiger partial charge in [0.25, 0.3) is 0 Å². The minimum absolute atomic E-state index is 0.841. The van der Waals surface area contributed by atoms with Gasteiger partial charge in [-0.2, -0.15) is 0 Å². The molecule has 7 rings (SSSR count). The maximum atomic E-state index is 5.17. The molecule has 2 aromatic heterocycles. The zero-order chi connectivity index (χ0) is 32.1. The Kier molecular flexibility index (Phi) is 7.28. The van der Waals surface area contributed by atoms with Crippen molar-refractivity contribution in [2.45, 2.75) is 39.3 Å². The Balaban J connectivity index is 1.61. The van der Waals surface area contributed by atoms with Gasteiger partial charge in [0, 0.05) is 32.6 Å². The number of aromatic nitrogens is 2. The summed E-state index contributed by atoms with van der Waals surface area (Å²) in [5, 5.41) is 4.14. The van der Waals surface area contributed by atoms with E-state index in [1.54, 1.807) is 0 Å². The molecule has 0 unspecified atom stereocenters. The van der Waals surface area contributed by atoms with Crippen molar-refractivity contribution in [3.05, 3.63) is 141 Å². The maximum absolute atomic E-state index is 5.17. The standard InChI is InChI=1S/C40H36N4Si2/c1-45(2,3)25-23-31-37-19-15-33(41-37)27-11-7-9-13-29(27)35-17-21-39(43-35)32(24-26-46(4,5)6)40-22-18-36(44-40)30-14-10-8-12-28(30)34-16-20-38(31)42-34/h7-22,41-42H,1-6H3. The van der Waals surface area contributed by atoms with Crippen LogP contribution in [-0.2, 0) is 0 Å². The molecule has 0 saturated carbocycles. The van der Waals surface area contributed by atoms with Crippen molar-refractivity contribution in [1.29, 1.82) is 0 Å². The minimum atomic E-state index is -1.67. The Labute approximate surface area is 272 Å². The largest absolute Gasteiger partial charge is 0.354 e. The quantitative estimate of drug-likeness (QED) is 0.156. The van der Waals surface area contributed by atoms with Gasteiger partial charge in [0.15, 0.2) is 0 Å². The summed E-state index contributed by atoms with van der Waals surface area (Å²) in [5.41, 5.74) is 16.6. The first-order chi connectivity index (χ1) is 22.0. The van der Waals surface area contributed by atoms with Gasteiger partial charge < -0.3 is 9.97 Å². The molecule has 0 fully saturated rings. The summed E-state index contributed by atoms with van der Waals surface area (Å²) in [7, 11) is -3.32. The normalized spacial score (nSPS) is 15.2. The Morgan fingerprint density at radius 1 is 0.500 bits per heavy atom. The van der Waals surface area contributed by atoms with E-state index in [4.69, 9.17) is 9.98 Å². The molecular weight excluding hydrogens is 593 g/mol. The summed E-state index contributed by atoms with van der Waals surface area (Å²) >= 11 is 0. The van der Waals surface area contributed by atoms with Crippen molar-refractivity contribution in [3.8, 4) is 34.2 Å². The summed E-state index contributed by atoms with van der Waals surface area (Å²) < 4.78 is 0. The lowest BCUT2D eigenvalue weighted by Gasteiger charge is -2.08. The molecular formula is C40H36N4Si2. The van der Waals surface area contributed by atoms with Gasteiger partial charge in [0.2, 0.25) is 0 Å². The second-order valence-corrected chi connectivity index (χ2v) is 23.3. The summed E-state index contributed by atoms with van der Waals surface area (Å²) in [6.07, 6.45) is 8.35. The fourth-order valence-corrected chi connectivity index (χ4v) is 6.62. The van der Waals surface area contributed by atoms with Crippen LogP contribution >= 0.6 is 0 Å². The Morgan fingerprint density at radius 3 is 1.85 bits per heavy atom. The summed E-state index contributed by atoms with van der Waals surface area (Å²) in [6.45, 7) is 13.6. The first-order valence-corrected chi connectivity index (χ1v) is 22.7. The van der Waals surface area contributed by atoms with E-state index in [0.29, 0.717) is 0 Å². The van der Waals surface area contributed by atoms with Crippen molar-refractivity contribution in [3.63, 3.8) is 0 Å². The summed E-state index contributed by atoms with van der Waals surface area (Å²) in [4.78, 5) is 17.8. The Hall–Kier alpha value is -5.15. The van der Waals surface area contributed by atoms with Gasteiger partial charge in [-0.05, 0) is 48.6 Å². The Morgan fingerprint density at radius 2 is 1.09 bits per heavy atom. The predicted molar refractivity (Wildman–Crippen MR) is 198 cm³/mol.